The van der Waals surface area contributed by atoms with Gasteiger partial charge in [-0.1, -0.05) is 236 Å². The molecular formula is C65H112O12. The minimum absolute atomic E-state index is 0.0540. The van der Waals surface area contributed by atoms with Gasteiger partial charge in [0, 0.05) is 19.3 Å². The van der Waals surface area contributed by atoms with Crippen molar-refractivity contribution in [3.05, 3.63) is 60.8 Å². The van der Waals surface area contributed by atoms with Gasteiger partial charge in [0.25, 0.3) is 0 Å². The minimum atomic E-state index is -1.91. The van der Waals surface area contributed by atoms with Crippen LogP contribution >= 0.6 is 0 Å². The number of carboxylic acid groups (broad SMARTS) is 1. The van der Waals surface area contributed by atoms with Crippen molar-refractivity contribution in [2.24, 2.45) is 0 Å². The van der Waals surface area contributed by atoms with Gasteiger partial charge >= 0.3 is 23.9 Å². The Morgan fingerprint density at radius 1 is 0.442 bits per heavy atom. The molecule has 1 saturated heterocycles. The molecule has 0 radical (unpaired) electrons. The first kappa shape index (κ1) is 71.4. The topological polar surface area (TPSA) is 175 Å². The van der Waals surface area contributed by atoms with Crippen LogP contribution in [0.2, 0.25) is 0 Å². The number of carbonyl (C=O) groups is 4. The number of esters is 3. The summed E-state index contributed by atoms with van der Waals surface area (Å²) >= 11 is 0. The molecule has 1 fully saturated rings. The van der Waals surface area contributed by atoms with E-state index in [0.29, 0.717) is 19.3 Å². The molecule has 0 bridgehead atoms. The number of carbonyl (C=O) groups excluding carboxylic acids is 3. The van der Waals surface area contributed by atoms with Gasteiger partial charge in [-0.2, -0.15) is 0 Å². The molecule has 1 heterocycles. The van der Waals surface area contributed by atoms with E-state index >= 15 is 0 Å². The number of carboxylic acids is 1. The lowest BCUT2D eigenvalue weighted by molar-refractivity contribution is -0.301. The number of hydrogen-bond acceptors (Lipinski definition) is 11. The van der Waals surface area contributed by atoms with E-state index in [1.165, 1.54) is 116 Å². The average molecular weight is 1090 g/mol. The molecule has 6 unspecified atom stereocenters. The Hall–Kier alpha value is -3.58. The lowest BCUT2D eigenvalue weighted by Gasteiger charge is -2.40. The fourth-order valence-electron chi connectivity index (χ4n) is 9.30. The van der Waals surface area contributed by atoms with Crippen molar-refractivity contribution >= 4 is 23.9 Å². The lowest BCUT2D eigenvalue weighted by atomic mass is 9.98. The smallest absolute Gasteiger partial charge is 0.335 e. The van der Waals surface area contributed by atoms with Gasteiger partial charge in [-0.15, -0.1) is 0 Å². The van der Waals surface area contributed by atoms with E-state index in [0.717, 1.165) is 103 Å². The van der Waals surface area contributed by atoms with Crippen molar-refractivity contribution in [2.45, 2.75) is 314 Å². The number of allylic oxidation sites excluding steroid dienone is 10. The summed E-state index contributed by atoms with van der Waals surface area (Å²) in [7, 11) is 0. The summed E-state index contributed by atoms with van der Waals surface area (Å²) < 4.78 is 28.5. The van der Waals surface area contributed by atoms with Crippen molar-refractivity contribution in [1.82, 2.24) is 0 Å². The van der Waals surface area contributed by atoms with Gasteiger partial charge in [0.2, 0.25) is 0 Å². The zero-order valence-corrected chi connectivity index (χ0v) is 49.0. The molecule has 0 aromatic carbocycles. The molecule has 0 amide bonds. The van der Waals surface area contributed by atoms with Gasteiger partial charge in [0.15, 0.2) is 24.6 Å². The van der Waals surface area contributed by atoms with E-state index in [1.54, 1.807) is 0 Å². The zero-order chi connectivity index (χ0) is 56.1. The summed E-state index contributed by atoms with van der Waals surface area (Å²) in [6, 6.07) is 0. The second kappa shape index (κ2) is 53.1. The van der Waals surface area contributed by atoms with Gasteiger partial charge in [0.1, 0.15) is 18.8 Å². The second-order valence-electron chi connectivity index (χ2n) is 21.3. The summed E-state index contributed by atoms with van der Waals surface area (Å²) in [5.74, 6) is -3.14. The molecule has 0 aromatic heterocycles. The average Bonchev–Trinajstić information content (AvgIpc) is 3.42. The van der Waals surface area contributed by atoms with E-state index in [-0.39, 0.29) is 25.9 Å². The molecule has 1 aliphatic heterocycles. The fraction of sp³-hybridized carbons (Fsp3) is 0.785. The molecule has 1 aliphatic rings. The van der Waals surface area contributed by atoms with Gasteiger partial charge in [-0.05, 0) is 83.5 Å². The number of aliphatic carboxylic acids is 1. The van der Waals surface area contributed by atoms with E-state index in [1.807, 2.05) is 0 Å². The van der Waals surface area contributed by atoms with Gasteiger partial charge in [0.05, 0.1) is 6.61 Å². The van der Waals surface area contributed by atoms with Crippen LogP contribution in [0.5, 0.6) is 0 Å². The van der Waals surface area contributed by atoms with E-state index in [4.69, 9.17) is 23.7 Å². The predicted molar refractivity (Wildman–Crippen MR) is 312 cm³/mol. The van der Waals surface area contributed by atoms with Crippen LogP contribution in [0.4, 0.5) is 0 Å². The summed E-state index contributed by atoms with van der Waals surface area (Å²) in [5, 5.41) is 31.5. The summed E-state index contributed by atoms with van der Waals surface area (Å²) in [4.78, 5) is 51.2. The molecule has 12 heteroatoms. The third-order valence-corrected chi connectivity index (χ3v) is 14.1. The van der Waals surface area contributed by atoms with Crippen molar-refractivity contribution in [2.75, 3.05) is 13.2 Å². The third-order valence-electron chi connectivity index (χ3n) is 14.1. The Bertz CT molecular complexity index is 1570. The highest BCUT2D eigenvalue weighted by molar-refractivity contribution is 5.74. The maximum atomic E-state index is 13.2. The first-order chi connectivity index (χ1) is 37.6. The zero-order valence-electron chi connectivity index (χ0n) is 49.0. The Morgan fingerprint density at radius 2 is 0.818 bits per heavy atom. The number of aliphatic hydroxyl groups is 2. The summed E-state index contributed by atoms with van der Waals surface area (Å²) in [6.45, 7) is 5.88. The molecule has 12 nitrogen and oxygen atoms in total. The molecule has 0 aliphatic carbocycles. The predicted octanol–water partition coefficient (Wildman–Crippen LogP) is 16.3. The van der Waals surface area contributed by atoms with Crippen molar-refractivity contribution < 1.29 is 58.2 Å². The fourth-order valence-corrected chi connectivity index (χ4v) is 9.30. The first-order valence-corrected chi connectivity index (χ1v) is 31.3. The number of unbranched alkanes of at least 4 members (excludes halogenated alkanes) is 29. The van der Waals surface area contributed by atoms with Crippen LogP contribution in [-0.2, 0) is 42.9 Å². The largest absolute Gasteiger partial charge is 0.479 e. The van der Waals surface area contributed by atoms with Crippen LogP contribution in [0.1, 0.15) is 278 Å². The molecule has 77 heavy (non-hydrogen) atoms. The Kier molecular flexibility index (Phi) is 49.2. The van der Waals surface area contributed by atoms with Crippen LogP contribution in [0.3, 0.4) is 0 Å². The van der Waals surface area contributed by atoms with Crippen LogP contribution in [-0.4, -0.2) is 89.2 Å². The normalized spacial score (nSPS) is 18.4. The molecule has 444 valence electrons. The standard InChI is InChI=1S/C65H112O12/c1-4-7-10-13-16-19-22-25-27-29-31-34-36-39-42-45-48-51-57(66)73-54-56(75-58(67)52-49-46-43-40-37-33-24-21-18-15-12-9-6-3)55-74-65-63(61(70)60(69)62(77-65)64(71)72)76-59(68)53-50-47-44-41-38-35-32-30-28-26-23-20-17-14-11-8-5-2/h7,10,16,19,25-28,31,34,56,60-63,65,69-70H,4-6,8-9,11-15,17-18,20-24,29-30,32-33,35-55H2,1-3H3,(H,71,72)/b10-7-,19-16-,27-25-,28-26-,34-31-. The molecule has 1 rings (SSSR count). The van der Waals surface area contributed by atoms with Gasteiger partial charge < -0.3 is 39.0 Å². The Morgan fingerprint density at radius 3 is 1.26 bits per heavy atom. The first-order valence-electron chi connectivity index (χ1n) is 31.3. The molecule has 6 atom stereocenters. The minimum Gasteiger partial charge on any atom is -0.479 e. The number of ether oxygens (including phenoxy) is 5. The monoisotopic (exact) mass is 1080 g/mol. The molecular weight excluding hydrogens is 973 g/mol. The molecule has 0 saturated carbocycles. The van der Waals surface area contributed by atoms with E-state index in [9.17, 15) is 34.5 Å². The van der Waals surface area contributed by atoms with E-state index in [2.05, 4.69) is 81.5 Å². The highest BCUT2D eigenvalue weighted by Crippen LogP contribution is 2.27. The van der Waals surface area contributed by atoms with Crippen LogP contribution in [0.25, 0.3) is 0 Å². The maximum absolute atomic E-state index is 13.2. The quantitative estimate of drug-likeness (QED) is 0.0228. The number of aliphatic hydroxyl groups excluding tert-OH is 2. The maximum Gasteiger partial charge on any atom is 0.335 e. The Labute approximate surface area is 468 Å². The highest BCUT2D eigenvalue weighted by atomic mass is 16.7. The summed E-state index contributed by atoms with van der Waals surface area (Å²) in [5.41, 5.74) is 0. The number of hydrogen-bond donors (Lipinski definition) is 3. The van der Waals surface area contributed by atoms with Crippen molar-refractivity contribution in [3.8, 4) is 0 Å². The number of rotatable bonds is 53. The summed E-state index contributed by atoms with van der Waals surface area (Å²) in [6.07, 6.45) is 53.2. The second-order valence-corrected chi connectivity index (χ2v) is 21.3. The van der Waals surface area contributed by atoms with Gasteiger partial charge in [-0.25, -0.2) is 4.79 Å². The lowest BCUT2D eigenvalue weighted by Crippen LogP contribution is -2.61. The SMILES string of the molecule is CC/C=C\C/C=C\C/C=C\C/C=C\CCCCCCC(=O)OCC(COC1OC(C(=O)O)C(O)C(O)C1OC(=O)CCCCCCCCC/C=C\CCCCCCCC)OC(=O)CCCCCCCCCCCCCCC. The van der Waals surface area contributed by atoms with Crippen LogP contribution in [0, 0.1) is 0 Å². The third kappa shape index (κ3) is 43.0. The highest BCUT2D eigenvalue weighted by Gasteiger charge is 2.50. The molecule has 0 spiro atoms. The van der Waals surface area contributed by atoms with Gasteiger partial charge in [-0.3, -0.25) is 14.4 Å². The Balaban J connectivity index is 2.68. The van der Waals surface area contributed by atoms with Crippen molar-refractivity contribution in [3.63, 3.8) is 0 Å². The molecule has 0 aromatic rings. The molecule has 3 N–H and O–H groups in total. The van der Waals surface area contributed by atoms with Crippen LogP contribution in [0.15, 0.2) is 60.8 Å². The van der Waals surface area contributed by atoms with Crippen LogP contribution < -0.4 is 0 Å². The van der Waals surface area contributed by atoms with E-state index < -0.39 is 67.3 Å². The van der Waals surface area contributed by atoms with Crippen molar-refractivity contribution in [1.29, 1.82) is 0 Å².